The van der Waals surface area contributed by atoms with E-state index in [1.54, 1.807) is 12.1 Å². The summed E-state index contributed by atoms with van der Waals surface area (Å²) in [5, 5.41) is 11.1. The van der Waals surface area contributed by atoms with Gasteiger partial charge in [0.25, 0.3) is 0 Å². The van der Waals surface area contributed by atoms with E-state index in [0.29, 0.717) is 12.8 Å². The van der Waals surface area contributed by atoms with Gasteiger partial charge in [-0.1, -0.05) is 30.3 Å². The molecule has 0 aliphatic carbocycles. The van der Waals surface area contributed by atoms with Crippen molar-refractivity contribution in [2.24, 2.45) is 0 Å². The molecule has 0 spiro atoms. The Hall–Kier alpha value is -1.83. The van der Waals surface area contributed by atoms with Crippen LogP contribution in [0.5, 0.6) is 0 Å². The molecular formula is C19H19F2NO3S. The molecule has 2 atom stereocenters. The van der Waals surface area contributed by atoms with Gasteiger partial charge in [0.2, 0.25) is 10.0 Å². The van der Waals surface area contributed by atoms with Crippen LogP contribution in [0.2, 0.25) is 0 Å². The summed E-state index contributed by atoms with van der Waals surface area (Å²) in [6.45, 7) is 0. The molecule has 2 fully saturated rings. The average Bonchev–Trinajstić information content (AvgIpc) is 2.89. The number of hydrogen-bond acceptors (Lipinski definition) is 3. The van der Waals surface area contributed by atoms with Gasteiger partial charge in [0, 0.05) is 17.6 Å². The van der Waals surface area contributed by atoms with Crippen LogP contribution in [0.1, 0.15) is 31.2 Å². The van der Waals surface area contributed by atoms with Crippen molar-refractivity contribution in [3.05, 3.63) is 65.7 Å². The van der Waals surface area contributed by atoms with Crippen molar-refractivity contribution in [2.45, 2.75) is 48.3 Å². The SMILES string of the molecule is O=S(=O)(c1ccccc1F)N1C2CCC1CC(O)(c1ccccc1F)C2. The van der Waals surface area contributed by atoms with E-state index in [4.69, 9.17) is 0 Å². The zero-order valence-electron chi connectivity index (χ0n) is 14.0. The first-order chi connectivity index (χ1) is 12.3. The lowest BCUT2D eigenvalue weighted by molar-refractivity contribution is -0.0365. The molecule has 2 heterocycles. The maximum absolute atomic E-state index is 14.2. The number of halogens is 2. The molecule has 2 aromatic rings. The van der Waals surface area contributed by atoms with E-state index in [1.165, 1.54) is 34.6 Å². The fraction of sp³-hybridized carbons (Fsp3) is 0.368. The van der Waals surface area contributed by atoms with E-state index in [9.17, 15) is 22.3 Å². The number of benzene rings is 2. The predicted molar refractivity (Wildman–Crippen MR) is 91.8 cm³/mol. The minimum Gasteiger partial charge on any atom is -0.385 e. The highest BCUT2D eigenvalue weighted by Crippen LogP contribution is 2.48. The molecule has 2 aliphatic heterocycles. The number of sulfonamides is 1. The first kappa shape index (κ1) is 17.6. The van der Waals surface area contributed by atoms with Gasteiger partial charge in [-0.15, -0.1) is 0 Å². The highest BCUT2D eigenvalue weighted by molar-refractivity contribution is 7.89. The molecule has 4 rings (SSSR count). The third-order valence-corrected chi connectivity index (χ3v) is 7.51. The van der Waals surface area contributed by atoms with Crippen molar-refractivity contribution < 1.29 is 22.3 Å². The third kappa shape index (κ3) is 2.66. The second kappa shape index (κ2) is 6.11. The number of aliphatic hydroxyl groups is 1. The van der Waals surface area contributed by atoms with E-state index in [-0.39, 0.29) is 23.3 Å². The molecule has 4 nitrogen and oxygen atoms in total. The Bertz CT molecular complexity index is 933. The molecule has 1 N–H and O–H groups in total. The van der Waals surface area contributed by atoms with Crippen molar-refractivity contribution in [3.8, 4) is 0 Å². The maximum Gasteiger partial charge on any atom is 0.246 e. The van der Waals surface area contributed by atoms with E-state index in [2.05, 4.69) is 0 Å². The molecule has 138 valence electrons. The lowest BCUT2D eigenvalue weighted by atomic mass is 9.81. The van der Waals surface area contributed by atoms with Crippen molar-refractivity contribution in [3.63, 3.8) is 0 Å². The van der Waals surface area contributed by atoms with Crippen LogP contribution in [0.3, 0.4) is 0 Å². The number of nitrogens with zero attached hydrogens (tertiary/aromatic N) is 1. The summed E-state index contributed by atoms with van der Waals surface area (Å²) in [5.41, 5.74) is -1.22. The van der Waals surface area contributed by atoms with Crippen LogP contribution >= 0.6 is 0 Å². The standard InChI is InChI=1S/C19H19F2NO3S/c20-16-6-2-1-5-15(16)19(23)11-13-9-10-14(12-19)22(13)26(24,25)18-8-4-3-7-17(18)21/h1-8,13-14,23H,9-12H2. The summed E-state index contributed by atoms with van der Waals surface area (Å²) in [5.74, 6) is -1.29. The molecule has 2 bridgehead atoms. The average molecular weight is 379 g/mol. The third-order valence-electron chi connectivity index (χ3n) is 5.47. The Balaban J connectivity index is 1.70. The lowest BCUT2D eigenvalue weighted by Crippen LogP contribution is -2.52. The molecule has 7 heteroatoms. The highest BCUT2D eigenvalue weighted by Gasteiger charge is 2.53. The van der Waals surface area contributed by atoms with Crippen LogP contribution in [-0.4, -0.2) is 29.9 Å². The quantitative estimate of drug-likeness (QED) is 0.891. The smallest absolute Gasteiger partial charge is 0.246 e. The van der Waals surface area contributed by atoms with Crippen LogP contribution in [0.4, 0.5) is 8.78 Å². The second-order valence-corrected chi connectivity index (χ2v) is 8.88. The largest absolute Gasteiger partial charge is 0.385 e. The van der Waals surface area contributed by atoms with Gasteiger partial charge in [0.15, 0.2) is 0 Å². The number of piperidine rings is 1. The summed E-state index contributed by atoms with van der Waals surface area (Å²) in [6.07, 6.45) is 1.32. The Morgan fingerprint density at radius 2 is 1.46 bits per heavy atom. The van der Waals surface area contributed by atoms with Gasteiger partial charge in [0.05, 0.1) is 5.60 Å². The van der Waals surface area contributed by atoms with Gasteiger partial charge >= 0.3 is 0 Å². The van der Waals surface area contributed by atoms with Crippen LogP contribution in [0.15, 0.2) is 53.4 Å². The zero-order chi connectivity index (χ0) is 18.5. The van der Waals surface area contributed by atoms with Crippen LogP contribution in [-0.2, 0) is 15.6 Å². The zero-order valence-corrected chi connectivity index (χ0v) is 14.8. The molecular weight excluding hydrogens is 360 g/mol. The Kier molecular flexibility index (Phi) is 4.13. The summed E-state index contributed by atoms with van der Waals surface area (Å²) >= 11 is 0. The molecule has 0 saturated carbocycles. The first-order valence-corrected chi connectivity index (χ1v) is 10.0. The monoisotopic (exact) mass is 379 g/mol. The second-order valence-electron chi connectivity index (χ2n) is 7.07. The topological polar surface area (TPSA) is 57.6 Å². The lowest BCUT2D eigenvalue weighted by Gasteiger charge is -2.43. The van der Waals surface area contributed by atoms with E-state index in [0.717, 1.165) is 6.07 Å². The van der Waals surface area contributed by atoms with Gasteiger partial charge < -0.3 is 5.11 Å². The Labute approximate surface area is 151 Å². The highest BCUT2D eigenvalue weighted by atomic mass is 32.2. The molecule has 0 aromatic heterocycles. The predicted octanol–water partition coefficient (Wildman–Crippen LogP) is 3.17. The summed E-state index contributed by atoms with van der Waals surface area (Å²) in [6, 6.07) is 10.4. The number of fused-ring (bicyclic) bond motifs is 2. The number of rotatable bonds is 3. The maximum atomic E-state index is 14.2. The van der Waals surface area contributed by atoms with Crippen LogP contribution in [0, 0.1) is 11.6 Å². The summed E-state index contributed by atoms with van der Waals surface area (Å²) in [7, 11) is -4.02. The van der Waals surface area contributed by atoms with Gasteiger partial charge in [-0.3, -0.25) is 0 Å². The van der Waals surface area contributed by atoms with E-state index < -0.39 is 39.3 Å². The van der Waals surface area contributed by atoms with Crippen molar-refractivity contribution in [1.29, 1.82) is 0 Å². The minimum atomic E-state index is -4.02. The molecule has 2 unspecified atom stereocenters. The number of hydrogen-bond donors (Lipinski definition) is 1. The molecule has 2 saturated heterocycles. The summed E-state index contributed by atoms with van der Waals surface area (Å²) in [4.78, 5) is -0.353. The fourth-order valence-corrected chi connectivity index (χ4v) is 6.34. The summed E-state index contributed by atoms with van der Waals surface area (Å²) < 4.78 is 55.6. The van der Waals surface area contributed by atoms with Gasteiger partial charge in [-0.05, 0) is 43.9 Å². The van der Waals surface area contributed by atoms with Gasteiger partial charge in [-0.25, -0.2) is 17.2 Å². The van der Waals surface area contributed by atoms with Crippen LogP contribution < -0.4 is 0 Å². The normalized spacial score (nSPS) is 29.0. The molecule has 26 heavy (non-hydrogen) atoms. The molecule has 2 aliphatic rings. The van der Waals surface area contributed by atoms with Crippen molar-refractivity contribution >= 4 is 10.0 Å². The van der Waals surface area contributed by atoms with Crippen molar-refractivity contribution in [1.82, 2.24) is 4.31 Å². The van der Waals surface area contributed by atoms with E-state index >= 15 is 0 Å². The van der Waals surface area contributed by atoms with Gasteiger partial charge in [-0.2, -0.15) is 4.31 Å². The molecule has 0 radical (unpaired) electrons. The minimum absolute atomic E-state index is 0.0954. The van der Waals surface area contributed by atoms with E-state index in [1.807, 2.05) is 0 Å². The molecule has 2 aromatic carbocycles. The Morgan fingerprint density at radius 1 is 0.923 bits per heavy atom. The fourth-order valence-electron chi connectivity index (χ4n) is 4.40. The van der Waals surface area contributed by atoms with Crippen LogP contribution in [0.25, 0.3) is 0 Å². The first-order valence-electron chi connectivity index (χ1n) is 8.58. The Morgan fingerprint density at radius 3 is 2.04 bits per heavy atom. The molecule has 0 amide bonds. The van der Waals surface area contributed by atoms with Gasteiger partial charge in [0.1, 0.15) is 16.5 Å². The van der Waals surface area contributed by atoms with Crippen molar-refractivity contribution in [2.75, 3.05) is 0 Å².